The number of aromatic nitrogens is 4. The molecule has 2 rings (SSSR count). The fourth-order valence-corrected chi connectivity index (χ4v) is 1.94. The summed E-state index contributed by atoms with van der Waals surface area (Å²) in [5.41, 5.74) is 0.235. The van der Waals surface area contributed by atoms with Gasteiger partial charge in [-0.3, -0.25) is 14.9 Å². The van der Waals surface area contributed by atoms with Crippen molar-refractivity contribution in [2.75, 3.05) is 5.32 Å². The predicted molar refractivity (Wildman–Crippen MR) is 83.2 cm³/mol. The zero-order valence-corrected chi connectivity index (χ0v) is 13.2. The molecule has 122 valence electrons. The number of anilines is 1. The van der Waals surface area contributed by atoms with Crippen molar-refractivity contribution in [3.63, 3.8) is 0 Å². The van der Waals surface area contributed by atoms with Crippen LogP contribution in [0.2, 0.25) is 0 Å². The Labute approximate surface area is 132 Å². The molecule has 2 aromatic rings. The van der Waals surface area contributed by atoms with E-state index in [2.05, 4.69) is 20.8 Å². The third-order valence-corrected chi connectivity index (χ3v) is 3.48. The second kappa shape index (κ2) is 6.51. The van der Waals surface area contributed by atoms with Gasteiger partial charge in [0.2, 0.25) is 11.4 Å². The van der Waals surface area contributed by atoms with Crippen LogP contribution in [0.1, 0.15) is 26.7 Å². The number of nitro groups is 1. The van der Waals surface area contributed by atoms with Gasteiger partial charge in [0.05, 0.1) is 0 Å². The molecule has 0 unspecified atom stereocenters. The van der Waals surface area contributed by atoms with Crippen molar-refractivity contribution >= 4 is 11.6 Å². The number of rotatable bonds is 6. The Morgan fingerprint density at radius 1 is 1.43 bits per heavy atom. The second-order valence-electron chi connectivity index (χ2n) is 5.82. The molecule has 9 nitrogen and oxygen atoms in total. The Morgan fingerprint density at radius 3 is 2.78 bits per heavy atom. The van der Waals surface area contributed by atoms with Crippen LogP contribution in [0, 0.1) is 10.1 Å². The van der Waals surface area contributed by atoms with Crippen molar-refractivity contribution < 1.29 is 9.72 Å². The van der Waals surface area contributed by atoms with E-state index in [1.165, 1.54) is 18.5 Å². The molecule has 1 N–H and O–H groups in total. The van der Waals surface area contributed by atoms with Crippen LogP contribution >= 0.6 is 0 Å². The van der Waals surface area contributed by atoms with Gasteiger partial charge in [-0.25, -0.2) is 4.68 Å². The molecule has 0 saturated carbocycles. The molecule has 1 heterocycles. The number of amides is 1. The molecule has 9 heteroatoms. The van der Waals surface area contributed by atoms with Crippen molar-refractivity contribution in [2.45, 2.75) is 32.2 Å². The van der Waals surface area contributed by atoms with Gasteiger partial charge in [-0.05, 0) is 22.6 Å². The van der Waals surface area contributed by atoms with Crippen LogP contribution in [0.4, 0.5) is 5.69 Å². The maximum Gasteiger partial charge on any atom is 0.224 e. The fraction of sp³-hybridized carbons (Fsp3) is 0.429. The van der Waals surface area contributed by atoms with E-state index in [0.29, 0.717) is 11.5 Å². The molecule has 0 atom stereocenters. The van der Waals surface area contributed by atoms with Gasteiger partial charge in [0.25, 0.3) is 0 Å². The number of benzene rings is 1. The Hall–Kier alpha value is -2.84. The van der Waals surface area contributed by atoms with Gasteiger partial charge in [0.15, 0.2) is 5.82 Å². The van der Waals surface area contributed by atoms with Crippen LogP contribution < -0.4 is 5.32 Å². The number of hydrogen-bond acceptors (Lipinski definition) is 6. The van der Waals surface area contributed by atoms with Crippen LogP contribution in [0.25, 0.3) is 11.4 Å². The van der Waals surface area contributed by atoms with E-state index in [0.717, 1.165) is 5.56 Å². The Kier molecular flexibility index (Phi) is 4.68. The third-order valence-electron chi connectivity index (χ3n) is 3.48. The average molecular weight is 318 g/mol. The lowest BCUT2D eigenvalue weighted by Gasteiger charge is -2.15. The molecule has 0 bridgehead atoms. The summed E-state index contributed by atoms with van der Waals surface area (Å²) in [4.78, 5) is 22.4. The lowest BCUT2D eigenvalue weighted by atomic mass is 9.99. The summed E-state index contributed by atoms with van der Waals surface area (Å²) in [5.74, 6) is 0.309. The highest BCUT2D eigenvalue weighted by atomic mass is 16.6. The van der Waals surface area contributed by atoms with E-state index in [4.69, 9.17) is 0 Å². The zero-order chi connectivity index (χ0) is 17.0. The summed E-state index contributed by atoms with van der Waals surface area (Å²) in [5, 5.41) is 24.8. The molecule has 0 spiro atoms. The first-order valence-electron chi connectivity index (χ1n) is 7.07. The number of aryl methyl sites for hydroxylation is 1. The van der Waals surface area contributed by atoms with Gasteiger partial charge in [-0.15, -0.1) is 5.10 Å². The lowest BCUT2D eigenvalue weighted by molar-refractivity contribution is -0.561. The number of nitrogens with zero attached hydrogens (tertiary/aromatic N) is 5. The van der Waals surface area contributed by atoms with Gasteiger partial charge >= 0.3 is 0 Å². The van der Waals surface area contributed by atoms with E-state index in [-0.39, 0.29) is 23.7 Å². The molecule has 0 radical (unpaired) electrons. The zero-order valence-electron chi connectivity index (χ0n) is 13.2. The molecular weight excluding hydrogens is 300 g/mol. The topological polar surface area (TPSA) is 116 Å². The summed E-state index contributed by atoms with van der Waals surface area (Å²) >= 11 is 0. The van der Waals surface area contributed by atoms with E-state index in [1.54, 1.807) is 25.2 Å². The van der Waals surface area contributed by atoms with Gasteiger partial charge in [0, 0.05) is 49.9 Å². The minimum atomic E-state index is -1.12. The SMILES string of the molecule is Cn1nnnc1-c1cccc(NC(=O)CCC(C)(C)[N+](=O)[O-])c1. The van der Waals surface area contributed by atoms with Crippen LogP contribution in [0.15, 0.2) is 24.3 Å². The molecule has 0 aliphatic carbocycles. The van der Waals surface area contributed by atoms with Gasteiger partial charge < -0.3 is 5.32 Å². The normalized spacial score (nSPS) is 11.3. The maximum atomic E-state index is 12.0. The van der Waals surface area contributed by atoms with E-state index < -0.39 is 5.54 Å². The van der Waals surface area contributed by atoms with Crippen LogP contribution in [0.3, 0.4) is 0 Å². The monoisotopic (exact) mass is 318 g/mol. The highest BCUT2D eigenvalue weighted by Crippen LogP contribution is 2.20. The van der Waals surface area contributed by atoms with Crippen LogP contribution in [-0.4, -0.2) is 36.6 Å². The Balaban J connectivity index is 2.02. The fourth-order valence-electron chi connectivity index (χ4n) is 1.94. The Morgan fingerprint density at radius 2 is 2.17 bits per heavy atom. The Bertz CT molecular complexity index is 725. The number of carbonyl (C=O) groups excluding carboxylic acids is 1. The first-order chi connectivity index (χ1) is 10.8. The first-order valence-corrected chi connectivity index (χ1v) is 7.07. The molecule has 23 heavy (non-hydrogen) atoms. The number of nitrogens with one attached hydrogen (secondary N) is 1. The highest BCUT2D eigenvalue weighted by molar-refractivity contribution is 5.91. The molecule has 1 aromatic carbocycles. The summed E-state index contributed by atoms with van der Waals surface area (Å²) in [6, 6.07) is 7.10. The van der Waals surface area contributed by atoms with Crippen LogP contribution in [0.5, 0.6) is 0 Å². The lowest BCUT2D eigenvalue weighted by Crippen LogP contribution is -2.32. The van der Waals surface area contributed by atoms with Gasteiger partial charge in [-0.1, -0.05) is 12.1 Å². The summed E-state index contributed by atoms with van der Waals surface area (Å²) in [6.45, 7) is 3.00. The van der Waals surface area contributed by atoms with Crippen molar-refractivity contribution in [1.29, 1.82) is 0 Å². The molecular formula is C14H18N6O3. The first kappa shape index (κ1) is 16.5. The number of hydrogen-bond donors (Lipinski definition) is 1. The number of carbonyl (C=O) groups is 1. The van der Waals surface area contributed by atoms with Crippen molar-refractivity contribution in [3.8, 4) is 11.4 Å². The maximum absolute atomic E-state index is 12.0. The summed E-state index contributed by atoms with van der Waals surface area (Å²) in [6.07, 6.45) is 0.239. The molecule has 0 aliphatic heterocycles. The quantitative estimate of drug-likeness (QED) is 0.639. The smallest absolute Gasteiger partial charge is 0.224 e. The van der Waals surface area contributed by atoms with E-state index in [1.807, 2.05) is 6.07 Å². The summed E-state index contributed by atoms with van der Waals surface area (Å²) in [7, 11) is 1.72. The highest BCUT2D eigenvalue weighted by Gasteiger charge is 2.30. The second-order valence-corrected chi connectivity index (χ2v) is 5.82. The van der Waals surface area contributed by atoms with E-state index >= 15 is 0 Å². The van der Waals surface area contributed by atoms with Crippen molar-refractivity contribution in [2.24, 2.45) is 7.05 Å². The summed E-state index contributed by atoms with van der Waals surface area (Å²) < 4.78 is 1.53. The van der Waals surface area contributed by atoms with Gasteiger partial charge in [0.1, 0.15) is 0 Å². The van der Waals surface area contributed by atoms with Crippen molar-refractivity contribution in [3.05, 3.63) is 34.4 Å². The van der Waals surface area contributed by atoms with Gasteiger partial charge in [-0.2, -0.15) is 0 Å². The molecule has 1 aromatic heterocycles. The average Bonchev–Trinajstić information content (AvgIpc) is 2.91. The minimum Gasteiger partial charge on any atom is -0.326 e. The molecule has 0 fully saturated rings. The minimum absolute atomic E-state index is 0.0731. The number of tetrazole rings is 1. The molecule has 0 aliphatic rings. The third kappa shape index (κ3) is 4.09. The standard InChI is InChI=1S/C14H18N6O3/c1-14(2,20(22)23)8-7-12(21)15-11-6-4-5-10(9-11)13-16-17-18-19(13)3/h4-6,9H,7-8H2,1-3H3,(H,15,21). The van der Waals surface area contributed by atoms with Crippen LogP contribution in [-0.2, 0) is 11.8 Å². The largest absolute Gasteiger partial charge is 0.326 e. The molecule has 0 saturated heterocycles. The van der Waals surface area contributed by atoms with E-state index in [9.17, 15) is 14.9 Å². The molecule has 1 amide bonds. The predicted octanol–water partition coefficient (Wildman–Crippen LogP) is 1.65. The van der Waals surface area contributed by atoms with Crippen molar-refractivity contribution in [1.82, 2.24) is 20.2 Å².